The summed E-state index contributed by atoms with van der Waals surface area (Å²) in [6, 6.07) is 19.0. The van der Waals surface area contributed by atoms with Crippen molar-refractivity contribution in [2.75, 3.05) is 13.2 Å². The van der Waals surface area contributed by atoms with Gasteiger partial charge in [0.05, 0.1) is 0 Å². The predicted octanol–water partition coefficient (Wildman–Crippen LogP) is 2.96. The van der Waals surface area contributed by atoms with Crippen molar-refractivity contribution in [1.82, 2.24) is 5.32 Å². The van der Waals surface area contributed by atoms with Crippen molar-refractivity contribution in [3.63, 3.8) is 0 Å². The fourth-order valence-corrected chi connectivity index (χ4v) is 1.74. The minimum Gasteiger partial charge on any atom is -0.492 e. The summed E-state index contributed by atoms with van der Waals surface area (Å²) in [4.78, 5) is 0. The molecule has 2 aromatic carbocycles. The predicted molar refractivity (Wildman–Crippen MR) is 73.7 cm³/mol. The second kappa shape index (κ2) is 6.82. The number of aryl methyl sites for hydroxylation is 1. The molecule has 0 saturated carbocycles. The molecule has 0 unspecified atom stereocenters. The van der Waals surface area contributed by atoms with E-state index in [-0.39, 0.29) is 0 Å². The van der Waals surface area contributed by atoms with Gasteiger partial charge in [-0.3, -0.25) is 0 Å². The summed E-state index contributed by atoms with van der Waals surface area (Å²) in [5, 5.41) is 3.38. The van der Waals surface area contributed by atoms with Crippen LogP contribution in [0.1, 0.15) is 11.1 Å². The highest BCUT2D eigenvalue weighted by atomic mass is 16.5. The van der Waals surface area contributed by atoms with Gasteiger partial charge in [-0.2, -0.15) is 0 Å². The van der Waals surface area contributed by atoms with Crippen LogP contribution < -0.4 is 10.1 Å². The van der Waals surface area contributed by atoms with E-state index in [2.05, 4.69) is 42.6 Å². The summed E-state index contributed by atoms with van der Waals surface area (Å²) in [6.45, 7) is 4.53. The van der Waals surface area contributed by atoms with Crippen LogP contribution in [-0.2, 0) is 6.54 Å². The summed E-state index contributed by atoms with van der Waals surface area (Å²) in [5.41, 5.74) is 2.66. The van der Waals surface area contributed by atoms with E-state index in [4.69, 9.17) is 4.74 Å². The van der Waals surface area contributed by atoms with Gasteiger partial charge in [-0.1, -0.05) is 36.4 Å². The Morgan fingerprint density at radius 2 is 2.06 bits per heavy atom. The topological polar surface area (TPSA) is 21.3 Å². The minimum atomic E-state index is 0.670. The SMILES string of the molecule is Cc1ccccc1CNCCOc1c[c]ccc1. The zero-order valence-electron chi connectivity index (χ0n) is 10.6. The van der Waals surface area contributed by atoms with E-state index < -0.39 is 0 Å². The molecule has 0 aliphatic carbocycles. The summed E-state index contributed by atoms with van der Waals surface area (Å²) >= 11 is 0. The van der Waals surface area contributed by atoms with E-state index in [1.807, 2.05) is 24.3 Å². The summed E-state index contributed by atoms with van der Waals surface area (Å²) in [7, 11) is 0. The van der Waals surface area contributed by atoms with Gasteiger partial charge in [0.2, 0.25) is 0 Å². The highest BCUT2D eigenvalue weighted by molar-refractivity contribution is 5.25. The van der Waals surface area contributed by atoms with Crippen LogP contribution in [0, 0.1) is 13.0 Å². The van der Waals surface area contributed by atoms with Crippen molar-refractivity contribution >= 4 is 0 Å². The highest BCUT2D eigenvalue weighted by Gasteiger charge is 1.96. The lowest BCUT2D eigenvalue weighted by atomic mass is 10.1. The molecule has 0 aliphatic heterocycles. The van der Waals surface area contributed by atoms with Gasteiger partial charge in [0.1, 0.15) is 12.4 Å². The van der Waals surface area contributed by atoms with Crippen molar-refractivity contribution in [1.29, 1.82) is 0 Å². The van der Waals surface area contributed by atoms with E-state index in [1.54, 1.807) is 0 Å². The third kappa shape index (κ3) is 3.90. The van der Waals surface area contributed by atoms with Gasteiger partial charge in [-0.25, -0.2) is 0 Å². The average Bonchev–Trinajstić information content (AvgIpc) is 2.42. The van der Waals surface area contributed by atoms with Crippen molar-refractivity contribution in [3.8, 4) is 5.75 Å². The Kier molecular flexibility index (Phi) is 4.79. The monoisotopic (exact) mass is 240 g/mol. The second-order valence-electron chi connectivity index (χ2n) is 4.19. The van der Waals surface area contributed by atoms with Crippen LogP contribution in [0.4, 0.5) is 0 Å². The van der Waals surface area contributed by atoms with Gasteiger partial charge in [0.15, 0.2) is 0 Å². The van der Waals surface area contributed by atoms with Gasteiger partial charge in [-0.15, -0.1) is 0 Å². The number of nitrogens with one attached hydrogen (secondary N) is 1. The lowest BCUT2D eigenvalue weighted by molar-refractivity contribution is 0.313. The fourth-order valence-electron chi connectivity index (χ4n) is 1.74. The lowest BCUT2D eigenvalue weighted by Crippen LogP contribution is -2.20. The molecule has 0 bridgehead atoms. The molecule has 1 radical (unpaired) electrons. The Labute approximate surface area is 109 Å². The zero-order chi connectivity index (χ0) is 12.6. The Morgan fingerprint density at radius 1 is 1.17 bits per heavy atom. The van der Waals surface area contributed by atoms with Crippen LogP contribution in [0.3, 0.4) is 0 Å². The van der Waals surface area contributed by atoms with Crippen LogP contribution in [0.2, 0.25) is 0 Å². The van der Waals surface area contributed by atoms with Crippen LogP contribution in [-0.4, -0.2) is 13.2 Å². The molecule has 0 heterocycles. The third-order valence-electron chi connectivity index (χ3n) is 2.80. The normalized spacial score (nSPS) is 10.3. The molecule has 0 aliphatic rings. The first-order valence-electron chi connectivity index (χ1n) is 6.20. The molecule has 18 heavy (non-hydrogen) atoms. The van der Waals surface area contributed by atoms with Crippen LogP contribution in [0.5, 0.6) is 5.75 Å². The van der Waals surface area contributed by atoms with E-state index in [1.165, 1.54) is 11.1 Å². The van der Waals surface area contributed by atoms with Crippen molar-refractivity contribution in [3.05, 3.63) is 65.7 Å². The molecule has 0 amide bonds. The number of rotatable bonds is 6. The summed E-state index contributed by atoms with van der Waals surface area (Å²) in [6.07, 6.45) is 0. The maximum Gasteiger partial charge on any atom is 0.119 e. The minimum absolute atomic E-state index is 0.670. The molecule has 0 atom stereocenters. The zero-order valence-corrected chi connectivity index (χ0v) is 10.6. The highest BCUT2D eigenvalue weighted by Crippen LogP contribution is 2.07. The summed E-state index contributed by atoms with van der Waals surface area (Å²) in [5.74, 6) is 0.871. The molecule has 2 rings (SSSR count). The Balaban J connectivity index is 1.66. The number of hydrogen-bond donors (Lipinski definition) is 1. The quantitative estimate of drug-likeness (QED) is 0.784. The molecular weight excluding hydrogens is 222 g/mol. The van der Waals surface area contributed by atoms with E-state index in [9.17, 15) is 0 Å². The first kappa shape index (κ1) is 12.7. The molecule has 0 fully saturated rings. The van der Waals surface area contributed by atoms with Gasteiger partial charge < -0.3 is 10.1 Å². The maximum atomic E-state index is 5.58. The van der Waals surface area contributed by atoms with Crippen LogP contribution in [0.15, 0.2) is 48.5 Å². The molecule has 2 heteroatoms. The largest absolute Gasteiger partial charge is 0.492 e. The van der Waals surface area contributed by atoms with E-state index in [0.29, 0.717) is 6.61 Å². The van der Waals surface area contributed by atoms with E-state index in [0.717, 1.165) is 18.8 Å². The maximum absolute atomic E-state index is 5.58. The van der Waals surface area contributed by atoms with Crippen molar-refractivity contribution < 1.29 is 4.74 Å². The molecule has 0 aromatic heterocycles. The van der Waals surface area contributed by atoms with Gasteiger partial charge >= 0.3 is 0 Å². The Bertz CT molecular complexity index is 468. The van der Waals surface area contributed by atoms with Crippen molar-refractivity contribution in [2.45, 2.75) is 13.5 Å². The standard InChI is InChI=1S/C16H18NO/c1-14-7-5-6-8-15(14)13-17-11-12-18-16-9-3-2-4-10-16/h2-3,5-10,17H,11-13H2,1H3. The van der Waals surface area contributed by atoms with Crippen molar-refractivity contribution in [2.24, 2.45) is 0 Å². The Hall–Kier alpha value is -1.80. The molecule has 0 spiro atoms. The third-order valence-corrected chi connectivity index (χ3v) is 2.80. The van der Waals surface area contributed by atoms with E-state index >= 15 is 0 Å². The van der Waals surface area contributed by atoms with Gasteiger partial charge in [0.25, 0.3) is 0 Å². The first-order valence-corrected chi connectivity index (χ1v) is 6.20. The molecule has 2 aromatic rings. The fraction of sp³-hybridized carbons (Fsp3) is 0.250. The smallest absolute Gasteiger partial charge is 0.119 e. The molecule has 2 nitrogen and oxygen atoms in total. The van der Waals surface area contributed by atoms with Gasteiger partial charge in [-0.05, 0) is 36.2 Å². The Morgan fingerprint density at radius 3 is 2.83 bits per heavy atom. The van der Waals surface area contributed by atoms with Crippen LogP contribution in [0.25, 0.3) is 0 Å². The lowest BCUT2D eigenvalue weighted by Gasteiger charge is -2.09. The molecular formula is C16H18NO. The molecule has 93 valence electrons. The first-order chi connectivity index (χ1) is 8.86. The number of benzene rings is 2. The molecule has 1 N–H and O–H groups in total. The van der Waals surface area contributed by atoms with Crippen LogP contribution >= 0.6 is 0 Å². The molecule has 0 saturated heterocycles. The number of ether oxygens (including phenoxy) is 1. The number of hydrogen-bond acceptors (Lipinski definition) is 2. The second-order valence-corrected chi connectivity index (χ2v) is 4.19. The van der Waals surface area contributed by atoms with Gasteiger partial charge in [0, 0.05) is 13.1 Å². The summed E-state index contributed by atoms with van der Waals surface area (Å²) < 4.78 is 5.58. The average molecular weight is 240 g/mol.